The van der Waals surface area contributed by atoms with Crippen LogP contribution >= 0.6 is 23.2 Å². The Morgan fingerprint density at radius 3 is 2.38 bits per heavy atom. The van der Waals surface area contributed by atoms with E-state index in [2.05, 4.69) is 9.46 Å². The number of benzene rings is 2. The molecular weight excluding hydrogens is 399 g/mol. The molecule has 0 heterocycles. The molecule has 0 amide bonds. The SMILES string of the molecule is COC(=O)[C@@H](N)Cc1cc(NS(=O)(=O)c2cc(Cl)cc(Cl)c2)ccc1C. The fourth-order valence-corrected chi connectivity index (χ4v) is 4.10. The number of ether oxygens (including phenoxy) is 1. The summed E-state index contributed by atoms with van der Waals surface area (Å²) < 4.78 is 32.2. The summed E-state index contributed by atoms with van der Waals surface area (Å²) in [6.07, 6.45) is 0.219. The Morgan fingerprint density at radius 1 is 1.19 bits per heavy atom. The van der Waals surface area contributed by atoms with Crippen molar-refractivity contribution in [2.45, 2.75) is 24.3 Å². The van der Waals surface area contributed by atoms with Crippen LogP contribution in [0.2, 0.25) is 10.0 Å². The van der Waals surface area contributed by atoms with Crippen LogP contribution in [0.4, 0.5) is 5.69 Å². The van der Waals surface area contributed by atoms with Crippen LogP contribution in [-0.4, -0.2) is 27.5 Å². The van der Waals surface area contributed by atoms with Crippen molar-refractivity contribution in [2.24, 2.45) is 5.73 Å². The van der Waals surface area contributed by atoms with Gasteiger partial charge in [-0.1, -0.05) is 29.3 Å². The van der Waals surface area contributed by atoms with Crippen LogP contribution in [0.3, 0.4) is 0 Å². The lowest BCUT2D eigenvalue weighted by Gasteiger charge is -2.14. The number of nitrogens with two attached hydrogens (primary N) is 1. The third-order valence-corrected chi connectivity index (χ3v) is 5.49. The molecule has 0 bridgehead atoms. The number of rotatable bonds is 6. The van der Waals surface area contributed by atoms with Crippen molar-refractivity contribution in [2.75, 3.05) is 11.8 Å². The molecule has 0 saturated carbocycles. The van der Waals surface area contributed by atoms with Gasteiger partial charge in [-0.25, -0.2) is 8.42 Å². The van der Waals surface area contributed by atoms with Gasteiger partial charge in [-0.3, -0.25) is 9.52 Å². The standard InChI is InChI=1S/C17H18Cl2N2O4S/c1-10-3-4-14(5-11(10)6-16(20)17(22)25-2)21-26(23,24)15-8-12(18)7-13(19)9-15/h3-5,7-9,16,21H,6,20H2,1-2H3/t16-/m0/s1. The topological polar surface area (TPSA) is 98.5 Å². The maximum atomic E-state index is 12.6. The molecule has 0 saturated heterocycles. The second kappa shape index (κ2) is 8.26. The largest absolute Gasteiger partial charge is 0.468 e. The summed E-state index contributed by atoms with van der Waals surface area (Å²) in [6, 6.07) is 8.20. The van der Waals surface area contributed by atoms with E-state index in [0.29, 0.717) is 5.69 Å². The molecule has 9 heteroatoms. The second-order valence-corrected chi connectivity index (χ2v) is 8.24. The predicted octanol–water partition coefficient (Wildman–Crippen LogP) is 3.15. The molecule has 26 heavy (non-hydrogen) atoms. The van der Waals surface area contributed by atoms with Crippen LogP contribution in [0.15, 0.2) is 41.3 Å². The van der Waals surface area contributed by atoms with Crippen LogP contribution in [-0.2, 0) is 26.0 Å². The van der Waals surface area contributed by atoms with E-state index in [4.69, 9.17) is 28.9 Å². The molecule has 2 aromatic rings. The molecule has 6 nitrogen and oxygen atoms in total. The summed E-state index contributed by atoms with van der Waals surface area (Å²) in [4.78, 5) is 11.5. The number of anilines is 1. The first-order valence-electron chi connectivity index (χ1n) is 7.54. The van der Waals surface area contributed by atoms with Crippen molar-refractivity contribution in [1.29, 1.82) is 0 Å². The second-order valence-electron chi connectivity index (χ2n) is 5.69. The van der Waals surface area contributed by atoms with E-state index in [-0.39, 0.29) is 21.4 Å². The number of aryl methyl sites for hydroxylation is 1. The normalized spacial score (nSPS) is 12.5. The number of sulfonamides is 1. The number of carbonyl (C=O) groups is 1. The molecule has 0 spiro atoms. The molecule has 0 aliphatic rings. The fraction of sp³-hybridized carbons (Fsp3) is 0.235. The summed E-state index contributed by atoms with van der Waals surface area (Å²) in [7, 11) is -2.62. The zero-order valence-electron chi connectivity index (χ0n) is 14.1. The van der Waals surface area contributed by atoms with Crippen LogP contribution in [0.25, 0.3) is 0 Å². The number of hydrogen-bond donors (Lipinski definition) is 2. The van der Waals surface area contributed by atoms with Crippen molar-refractivity contribution in [3.8, 4) is 0 Å². The third-order valence-electron chi connectivity index (χ3n) is 3.69. The molecular formula is C17H18Cl2N2O4S. The lowest BCUT2D eigenvalue weighted by molar-refractivity contribution is -0.142. The highest BCUT2D eigenvalue weighted by molar-refractivity contribution is 7.92. The number of esters is 1. The molecule has 3 N–H and O–H groups in total. The molecule has 2 aromatic carbocycles. The van der Waals surface area contributed by atoms with Crippen molar-refractivity contribution < 1.29 is 17.9 Å². The van der Waals surface area contributed by atoms with E-state index in [9.17, 15) is 13.2 Å². The van der Waals surface area contributed by atoms with E-state index in [0.717, 1.165) is 11.1 Å². The number of methoxy groups -OCH3 is 1. The summed E-state index contributed by atoms with van der Waals surface area (Å²) in [5, 5.41) is 0.429. The lowest BCUT2D eigenvalue weighted by atomic mass is 10.0. The van der Waals surface area contributed by atoms with E-state index in [1.807, 2.05) is 6.92 Å². The van der Waals surface area contributed by atoms with Gasteiger partial charge in [-0.2, -0.15) is 0 Å². The number of carbonyl (C=O) groups excluding carboxylic acids is 1. The summed E-state index contributed by atoms with van der Waals surface area (Å²) in [5.74, 6) is -0.538. The van der Waals surface area contributed by atoms with Crippen molar-refractivity contribution in [1.82, 2.24) is 0 Å². The molecule has 0 aliphatic heterocycles. The van der Waals surface area contributed by atoms with Gasteiger partial charge in [0.25, 0.3) is 10.0 Å². The van der Waals surface area contributed by atoms with E-state index in [1.165, 1.54) is 25.3 Å². The Balaban J connectivity index is 2.29. The zero-order valence-corrected chi connectivity index (χ0v) is 16.5. The first kappa shape index (κ1) is 20.5. The van der Waals surface area contributed by atoms with Gasteiger partial charge in [-0.05, 0) is 54.8 Å². The Kier molecular flexibility index (Phi) is 6.52. The lowest BCUT2D eigenvalue weighted by Crippen LogP contribution is -2.33. The summed E-state index contributed by atoms with van der Waals surface area (Å²) >= 11 is 11.7. The van der Waals surface area contributed by atoms with Gasteiger partial charge in [0, 0.05) is 15.7 Å². The van der Waals surface area contributed by atoms with Gasteiger partial charge >= 0.3 is 5.97 Å². The van der Waals surface area contributed by atoms with Gasteiger partial charge in [0.2, 0.25) is 0 Å². The molecule has 0 radical (unpaired) electrons. The third kappa shape index (κ3) is 5.11. The minimum atomic E-state index is -3.88. The van der Waals surface area contributed by atoms with E-state index in [1.54, 1.807) is 18.2 Å². The van der Waals surface area contributed by atoms with Crippen LogP contribution in [0.5, 0.6) is 0 Å². The summed E-state index contributed by atoms with van der Waals surface area (Å²) in [6.45, 7) is 1.84. The van der Waals surface area contributed by atoms with E-state index < -0.39 is 22.0 Å². The van der Waals surface area contributed by atoms with Gasteiger partial charge in [0.15, 0.2) is 0 Å². The maximum Gasteiger partial charge on any atom is 0.322 e. The highest BCUT2D eigenvalue weighted by Gasteiger charge is 2.18. The number of hydrogen-bond acceptors (Lipinski definition) is 5. The average molecular weight is 417 g/mol. The van der Waals surface area contributed by atoms with Crippen LogP contribution < -0.4 is 10.5 Å². The van der Waals surface area contributed by atoms with Crippen molar-refractivity contribution in [3.63, 3.8) is 0 Å². The monoisotopic (exact) mass is 416 g/mol. The summed E-state index contributed by atoms with van der Waals surface area (Å²) in [5.41, 5.74) is 7.72. The Hall–Kier alpha value is -1.80. The smallest absolute Gasteiger partial charge is 0.322 e. The van der Waals surface area contributed by atoms with Crippen molar-refractivity contribution >= 4 is 44.9 Å². The van der Waals surface area contributed by atoms with Gasteiger partial charge in [0.05, 0.1) is 12.0 Å². The number of nitrogens with one attached hydrogen (secondary N) is 1. The predicted molar refractivity (Wildman–Crippen MR) is 102 cm³/mol. The fourth-order valence-electron chi connectivity index (χ4n) is 2.32. The maximum absolute atomic E-state index is 12.6. The minimum Gasteiger partial charge on any atom is -0.468 e. The molecule has 1 atom stereocenters. The Bertz CT molecular complexity index is 912. The first-order chi connectivity index (χ1) is 12.1. The molecule has 0 aromatic heterocycles. The zero-order chi connectivity index (χ0) is 19.5. The van der Waals surface area contributed by atoms with Crippen molar-refractivity contribution in [3.05, 3.63) is 57.6 Å². The highest BCUT2D eigenvalue weighted by Crippen LogP contribution is 2.25. The average Bonchev–Trinajstić information content (AvgIpc) is 2.56. The number of halogens is 2. The Morgan fingerprint density at radius 2 is 1.81 bits per heavy atom. The molecule has 0 aliphatic carbocycles. The highest BCUT2D eigenvalue weighted by atomic mass is 35.5. The minimum absolute atomic E-state index is 0.0524. The van der Waals surface area contributed by atoms with Gasteiger partial charge in [0.1, 0.15) is 6.04 Å². The molecule has 0 fully saturated rings. The molecule has 0 unspecified atom stereocenters. The molecule has 2 rings (SSSR count). The Labute approximate surface area is 162 Å². The van der Waals surface area contributed by atoms with E-state index >= 15 is 0 Å². The van der Waals surface area contributed by atoms with Crippen LogP contribution in [0, 0.1) is 6.92 Å². The van der Waals surface area contributed by atoms with Gasteiger partial charge in [-0.15, -0.1) is 0 Å². The quantitative estimate of drug-likeness (QED) is 0.704. The van der Waals surface area contributed by atoms with Crippen LogP contribution in [0.1, 0.15) is 11.1 Å². The first-order valence-corrected chi connectivity index (χ1v) is 9.78. The van der Waals surface area contributed by atoms with Gasteiger partial charge < -0.3 is 10.5 Å². The molecule has 140 valence electrons.